The van der Waals surface area contributed by atoms with Gasteiger partial charge < -0.3 is 14.6 Å². The molecule has 180 valence electrons. The smallest absolute Gasteiger partial charge is 0.128 e. The molecule has 0 unspecified atom stereocenters. The maximum Gasteiger partial charge on any atom is 0.128 e. The van der Waals surface area contributed by atoms with Crippen LogP contribution in [0.2, 0.25) is 0 Å². The van der Waals surface area contributed by atoms with Gasteiger partial charge in [0.2, 0.25) is 0 Å². The summed E-state index contributed by atoms with van der Waals surface area (Å²) < 4.78 is 11.3. The molecule has 1 aliphatic rings. The van der Waals surface area contributed by atoms with Crippen LogP contribution >= 0.6 is 28.1 Å². The van der Waals surface area contributed by atoms with E-state index in [1.165, 1.54) is 28.0 Å². The Morgan fingerprint density at radius 3 is 2.39 bits per heavy atom. The zero-order valence-electron chi connectivity index (χ0n) is 20.0. The quantitative estimate of drug-likeness (QED) is 0.223. The molecular formula is C30H26BrN3OS. The van der Waals surface area contributed by atoms with Crippen LogP contribution in [0.25, 0.3) is 28.0 Å². The van der Waals surface area contributed by atoms with Crippen LogP contribution in [-0.2, 0) is 13.0 Å². The van der Waals surface area contributed by atoms with Crippen molar-refractivity contribution in [2.45, 2.75) is 25.8 Å². The third-order valence-electron chi connectivity index (χ3n) is 6.90. The molecule has 0 spiro atoms. The molecule has 5 aromatic rings. The molecule has 0 saturated carbocycles. The highest BCUT2D eigenvalue weighted by molar-refractivity contribution is 9.10. The number of aromatic nitrogens is 2. The number of rotatable bonds is 5. The summed E-state index contributed by atoms with van der Waals surface area (Å²) in [6.07, 6.45) is 5.57. The van der Waals surface area contributed by atoms with Crippen molar-refractivity contribution in [2.24, 2.45) is 0 Å². The Kier molecular flexibility index (Phi) is 6.15. The predicted molar refractivity (Wildman–Crippen MR) is 155 cm³/mol. The Balaban J connectivity index is 1.59. The molecule has 36 heavy (non-hydrogen) atoms. The maximum absolute atomic E-state index is 6.11. The van der Waals surface area contributed by atoms with Gasteiger partial charge >= 0.3 is 0 Å². The molecule has 1 aliphatic heterocycles. The van der Waals surface area contributed by atoms with Crippen LogP contribution < -0.4 is 10.1 Å². The number of thiocarbonyl (C=S) groups is 1. The normalized spacial score (nSPS) is 12.9. The molecule has 0 amide bonds. The summed E-state index contributed by atoms with van der Waals surface area (Å²) in [6, 6.07) is 27.1. The molecule has 0 fully saturated rings. The molecule has 0 saturated heterocycles. The number of hydrogen-bond acceptors (Lipinski definition) is 2. The summed E-state index contributed by atoms with van der Waals surface area (Å²) in [4.78, 5) is 0.710. The number of ether oxygens (including phenoxy) is 1. The monoisotopic (exact) mass is 555 g/mol. The van der Waals surface area contributed by atoms with Crippen molar-refractivity contribution in [3.05, 3.63) is 101 Å². The minimum atomic E-state index is 0.710. The minimum absolute atomic E-state index is 0.710. The van der Waals surface area contributed by atoms with Crippen molar-refractivity contribution in [1.29, 1.82) is 0 Å². The van der Waals surface area contributed by atoms with Gasteiger partial charge in [-0.05, 0) is 66.8 Å². The number of hydrogen-bond donors (Lipinski definition) is 1. The molecule has 6 rings (SSSR count). The maximum atomic E-state index is 6.11. The first-order valence-electron chi connectivity index (χ1n) is 12.2. The van der Waals surface area contributed by atoms with Gasteiger partial charge in [0.05, 0.1) is 18.5 Å². The van der Waals surface area contributed by atoms with E-state index in [-0.39, 0.29) is 0 Å². The van der Waals surface area contributed by atoms with Crippen LogP contribution in [0.3, 0.4) is 0 Å². The zero-order chi connectivity index (χ0) is 24.6. The lowest BCUT2D eigenvalue weighted by Crippen LogP contribution is -2.14. The van der Waals surface area contributed by atoms with Gasteiger partial charge in [-0.15, -0.1) is 0 Å². The average Bonchev–Trinajstić information content (AvgIpc) is 3.33. The Labute approximate surface area is 224 Å². The van der Waals surface area contributed by atoms with Crippen molar-refractivity contribution in [1.82, 2.24) is 8.97 Å². The molecule has 6 heteroatoms. The van der Waals surface area contributed by atoms with E-state index in [1.54, 1.807) is 7.11 Å². The molecule has 2 aromatic heterocycles. The molecule has 4 nitrogen and oxygen atoms in total. The number of benzene rings is 3. The van der Waals surface area contributed by atoms with Gasteiger partial charge in [-0.25, -0.2) is 0 Å². The van der Waals surface area contributed by atoms with Crippen LogP contribution in [0.4, 0.5) is 5.69 Å². The first-order valence-corrected chi connectivity index (χ1v) is 13.4. The van der Waals surface area contributed by atoms with Gasteiger partial charge in [-0.2, -0.15) is 0 Å². The molecule has 0 radical (unpaired) electrons. The molecule has 1 N–H and O–H groups in total. The van der Waals surface area contributed by atoms with E-state index >= 15 is 0 Å². The van der Waals surface area contributed by atoms with Crippen molar-refractivity contribution in [3.63, 3.8) is 0 Å². The molecular weight excluding hydrogens is 530 g/mol. The highest BCUT2D eigenvalue weighted by atomic mass is 79.9. The van der Waals surface area contributed by atoms with E-state index in [2.05, 4.69) is 78.9 Å². The fraction of sp³-hybridized carbons (Fsp3) is 0.167. The topological polar surface area (TPSA) is 30.6 Å². The molecule has 0 atom stereocenters. The number of methoxy groups -OCH3 is 1. The summed E-state index contributed by atoms with van der Waals surface area (Å²) in [5.41, 5.74) is 9.40. The second-order valence-electron chi connectivity index (χ2n) is 9.07. The SMILES string of the molecule is COc1ccc(-c2c3c4n(c(-c5ccccc5)cn4c2C(=S)Nc2ccc(Br)cc2)CCCC3)cc1. The van der Waals surface area contributed by atoms with Crippen molar-refractivity contribution < 1.29 is 4.74 Å². The van der Waals surface area contributed by atoms with Crippen LogP contribution in [0, 0.1) is 0 Å². The number of anilines is 1. The molecule has 3 heterocycles. The Hall–Kier alpha value is -3.35. The molecule has 0 aliphatic carbocycles. The predicted octanol–water partition coefficient (Wildman–Crippen LogP) is 7.97. The summed E-state index contributed by atoms with van der Waals surface area (Å²) in [5, 5.41) is 3.51. The first kappa shape index (κ1) is 23.1. The third kappa shape index (κ3) is 4.04. The summed E-state index contributed by atoms with van der Waals surface area (Å²) in [7, 11) is 1.70. The van der Waals surface area contributed by atoms with Crippen molar-refractivity contribution in [3.8, 4) is 28.1 Å². The van der Waals surface area contributed by atoms with Crippen LogP contribution in [-0.4, -0.2) is 21.1 Å². The minimum Gasteiger partial charge on any atom is -0.497 e. The lowest BCUT2D eigenvalue weighted by Gasteiger charge is -2.13. The van der Waals surface area contributed by atoms with E-state index in [4.69, 9.17) is 17.0 Å². The largest absolute Gasteiger partial charge is 0.497 e. The van der Waals surface area contributed by atoms with Crippen molar-refractivity contribution in [2.75, 3.05) is 12.4 Å². The van der Waals surface area contributed by atoms with Gasteiger partial charge in [0.1, 0.15) is 16.4 Å². The first-order chi connectivity index (χ1) is 17.6. The number of nitrogens with one attached hydrogen (secondary N) is 1. The van der Waals surface area contributed by atoms with E-state index in [1.807, 2.05) is 36.4 Å². The lowest BCUT2D eigenvalue weighted by atomic mass is 9.98. The van der Waals surface area contributed by atoms with Crippen LogP contribution in [0.5, 0.6) is 5.75 Å². The molecule has 0 bridgehead atoms. The highest BCUT2D eigenvalue weighted by Crippen LogP contribution is 2.40. The summed E-state index contributed by atoms with van der Waals surface area (Å²) in [5.74, 6) is 0.848. The van der Waals surface area contributed by atoms with E-state index in [0.29, 0.717) is 4.99 Å². The number of aryl methyl sites for hydroxylation is 2. The molecule has 3 aromatic carbocycles. The summed E-state index contributed by atoms with van der Waals surface area (Å²) in [6.45, 7) is 0.992. The van der Waals surface area contributed by atoms with Crippen LogP contribution in [0.1, 0.15) is 24.1 Å². The Morgan fingerprint density at radius 2 is 1.67 bits per heavy atom. The number of nitrogens with zero attached hydrogens (tertiary/aromatic N) is 2. The Bertz CT molecular complexity index is 1550. The average molecular weight is 557 g/mol. The van der Waals surface area contributed by atoms with Crippen molar-refractivity contribution >= 4 is 44.5 Å². The zero-order valence-corrected chi connectivity index (χ0v) is 22.4. The lowest BCUT2D eigenvalue weighted by molar-refractivity contribution is 0.415. The van der Waals surface area contributed by atoms with Gasteiger partial charge in [0, 0.05) is 34.0 Å². The summed E-state index contributed by atoms with van der Waals surface area (Å²) >= 11 is 9.63. The third-order valence-corrected chi connectivity index (χ3v) is 7.72. The van der Waals surface area contributed by atoms with E-state index in [0.717, 1.165) is 53.0 Å². The van der Waals surface area contributed by atoms with E-state index in [9.17, 15) is 0 Å². The van der Waals surface area contributed by atoms with Gasteiger partial charge in [-0.1, -0.05) is 70.6 Å². The second-order valence-corrected chi connectivity index (χ2v) is 10.4. The van der Waals surface area contributed by atoms with E-state index < -0.39 is 0 Å². The second kappa shape index (κ2) is 9.60. The number of imidazole rings is 1. The fourth-order valence-corrected chi connectivity index (χ4v) is 5.82. The Morgan fingerprint density at radius 1 is 0.917 bits per heavy atom. The number of halogens is 1. The van der Waals surface area contributed by atoms with Gasteiger partial charge in [-0.3, -0.25) is 4.40 Å². The fourth-order valence-electron chi connectivity index (χ4n) is 5.24. The highest BCUT2D eigenvalue weighted by Gasteiger charge is 2.28. The van der Waals surface area contributed by atoms with Crippen LogP contribution in [0.15, 0.2) is 89.5 Å². The van der Waals surface area contributed by atoms with Gasteiger partial charge in [0.25, 0.3) is 0 Å². The van der Waals surface area contributed by atoms with Gasteiger partial charge in [0.15, 0.2) is 0 Å². The standard InChI is InChI=1S/C30H26BrN3OS/c1-35-24-16-10-21(11-17-24)27-25-9-5-6-18-33-26(20-7-3-2-4-8-20)19-34(30(25)33)28(27)29(36)32-23-14-12-22(31)13-15-23/h2-4,7-8,10-17,19H,5-6,9,18H2,1H3,(H,32,36).